The van der Waals surface area contributed by atoms with Crippen LogP contribution in [0.4, 0.5) is 14.6 Å². The van der Waals surface area contributed by atoms with Gasteiger partial charge in [0.25, 0.3) is 12.3 Å². The Morgan fingerprint density at radius 2 is 2.28 bits per heavy atom. The van der Waals surface area contributed by atoms with Crippen molar-refractivity contribution in [2.75, 3.05) is 25.4 Å². The molecule has 0 bridgehead atoms. The number of pyridine rings is 1. The van der Waals surface area contributed by atoms with Crippen LogP contribution in [0.3, 0.4) is 0 Å². The molecule has 3 N–H and O–H groups in total. The average molecular weight is 280 g/mol. The molecule has 18 heavy (non-hydrogen) atoms. The van der Waals surface area contributed by atoms with Crippen molar-refractivity contribution in [3.63, 3.8) is 0 Å². The largest absolute Gasteiger partial charge is 0.395 e. The normalized spacial score (nSPS) is 10.7. The van der Waals surface area contributed by atoms with Gasteiger partial charge in [-0.05, 0) is 6.07 Å². The summed E-state index contributed by atoms with van der Waals surface area (Å²) in [6.45, 7) is -1.41. The van der Waals surface area contributed by atoms with Crippen molar-refractivity contribution in [3.05, 3.63) is 22.8 Å². The lowest BCUT2D eigenvalue weighted by molar-refractivity contribution is 0.0509. The number of halogens is 3. The molecule has 0 fully saturated rings. The average Bonchev–Trinajstić information content (AvgIpc) is 2.30. The Labute approximate surface area is 107 Å². The Bertz CT molecular complexity index is 432. The van der Waals surface area contributed by atoms with Gasteiger partial charge in [-0.25, -0.2) is 13.8 Å². The number of aliphatic hydroxyl groups excluding tert-OH is 1. The van der Waals surface area contributed by atoms with Gasteiger partial charge in [-0.3, -0.25) is 4.79 Å². The Morgan fingerprint density at radius 1 is 1.61 bits per heavy atom. The highest BCUT2D eigenvalue weighted by Gasteiger charge is 2.21. The number of aliphatic hydroxyl groups is 1. The minimum Gasteiger partial charge on any atom is -0.395 e. The third-order valence-electron chi connectivity index (χ3n) is 2.12. The van der Waals surface area contributed by atoms with Crippen LogP contribution in [0, 0.1) is 0 Å². The Morgan fingerprint density at radius 3 is 2.83 bits per heavy atom. The van der Waals surface area contributed by atoms with Gasteiger partial charge in [-0.15, -0.1) is 0 Å². The highest BCUT2D eigenvalue weighted by atomic mass is 35.5. The molecule has 0 radical (unpaired) electrons. The number of rotatable bonds is 5. The quantitative estimate of drug-likeness (QED) is 0.843. The molecule has 1 aromatic heterocycles. The van der Waals surface area contributed by atoms with E-state index < -0.39 is 25.5 Å². The number of hydrogen-bond donors (Lipinski definition) is 2. The fourth-order valence-corrected chi connectivity index (χ4v) is 1.54. The van der Waals surface area contributed by atoms with E-state index in [0.717, 1.165) is 4.90 Å². The lowest BCUT2D eigenvalue weighted by Crippen LogP contribution is -2.37. The van der Waals surface area contributed by atoms with Crippen LogP contribution in [0.15, 0.2) is 12.3 Å². The van der Waals surface area contributed by atoms with Crippen molar-refractivity contribution in [2.24, 2.45) is 0 Å². The summed E-state index contributed by atoms with van der Waals surface area (Å²) in [6, 6.07) is 1.21. The van der Waals surface area contributed by atoms with E-state index in [1.165, 1.54) is 12.3 Å². The smallest absolute Gasteiger partial charge is 0.255 e. The van der Waals surface area contributed by atoms with E-state index in [4.69, 9.17) is 22.4 Å². The molecular weight excluding hydrogens is 268 g/mol. The van der Waals surface area contributed by atoms with Crippen molar-refractivity contribution in [1.29, 1.82) is 0 Å². The number of nitrogen functional groups attached to an aromatic ring is 1. The topological polar surface area (TPSA) is 79.5 Å². The number of nitrogens with zero attached hydrogens (tertiary/aromatic N) is 2. The van der Waals surface area contributed by atoms with Crippen molar-refractivity contribution in [1.82, 2.24) is 9.88 Å². The van der Waals surface area contributed by atoms with Gasteiger partial charge >= 0.3 is 0 Å². The molecular formula is C10H12ClF2N3O2. The zero-order valence-electron chi connectivity index (χ0n) is 9.31. The second kappa shape index (κ2) is 6.46. The van der Waals surface area contributed by atoms with Crippen LogP contribution in [0.25, 0.3) is 0 Å². The lowest BCUT2D eigenvalue weighted by atomic mass is 10.2. The van der Waals surface area contributed by atoms with Crippen molar-refractivity contribution in [3.8, 4) is 0 Å². The number of carbonyl (C=O) groups is 1. The van der Waals surface area contributed by atoms with Gasteiger partial charge in [0, 0.05) is 12.7 Å². The maximum Gasteiger partial charge on any atom is 0.255 e. The molecule has 1 heterocycles. The van der Waals surface area contributed by atoms with Gasteiger partial charge < -0.3 is 15.7 Å². The van der Waals surface area contributed by atoms with Crippen LogP contribution in [-0.4, -0.2) is 47.0 Å². The molecule has 100 valence electrons. The molecule has 0 spiro atoms. The van der Waals surface area contributed by atoms with Crippen molar-refractivity contribution < 1.29 is 18.7 Å². The first kappa shape index (κ1) is 14.6. The standard InChI is InChI=1S/C10H12ClF2N3O2/c11-7-4-15-9(14)3-6(7)10(18)16(1-2-17)5-8(12)13/h3-4,8,17H,1-2,5H2,(H2,14,15). The summed E-state index contributed by atoms with van der Waals surface area (Å²) < 4.78 is 24.6. The Hall–Kier alpha value is -1.47. The molecule has 8 heteroatoms. The molecule has 5 nitrogen and oxygen atoms in total. The third kappa shape index (κ3) is 3.78. The zero-order valence-corrected chi connectivity index (χ0v) is 10.1. The molecule has 0 saturated carbocycles. The van der Waals surface area contributed by atoms with Crippen molar-refractivity contribution >= 4 is 23.3 Å². The molecule has 1 amide bonds. The molecule has 1 aromatic rings. The van der Waals surface area contributed by atoms with E-state index in [1.807, 2.05) is 0 Å². The van der Waals surface area contributed by atoms with Gasteiger partial charge in [-0.2, -0.15) is 0 Å². The summed E-state index contributed by atoms with van der Waals surface area (Å²) in [6.07, 6.45) is -1.53. The number of aromatic nitrogens is 1. The van der Waals surface area contributed by atoms with E-state index in [-0.39, 0.29) is 22.9 Å². The first-order valence-corrected chi connectivity index (χ1v) is 5.42. The van der Waals surface area contributed by atoms with Crippen molar-refractivity contribution in [2.45, 2.75) is 6.43 Å². The summed E-state index contributed by atoms with van der Waals surface area (Å²) in [7, 11) is 0. The van der Waals surface area contributed by atoms with E-state index in [1.54, 1.807) is 0 Å². The maximum atomic E-state index is 12.3. The van der Waals surface area contributed by atoms with E-state index >= 15 is 0 Å². The third-order valence-corrected chi connectivity index (χ3v) is 2.42. The Kier molecular flexibility index (Phi) is 5.24. The molecule has 0 aliphatic rings. The van der Waals surface area contributed by atoms with Crippen LogP contribution in [-0.2, 0) is 0 Å². The van der Waals surface area contributed by atoms with E-state index in [0.29, 0.717) is 0 Å². The number of hydrogen-bond acceptors (Lipinski definition) is 4. The molecule has 1 rings (SSSR count). The SMILES string of the molecule is Nc1cc(C(=O)N(CCO)CC(F)F)c(Cl)cn1. The van der Waals surface area contributed by atoms with E-state index in [2.05, 4.69) is 4.98 Å². The number of anilines is 1. The summed E-state index contributed by atoms with van der Waals surface area (Å²) in [5.41, 5.74) is 5.39. The molecule has 0 aromatic carbocycles. The minimum absolute atomic E-state index is 0.0155. The summed E-state index contributed by atoms with van der Waals surface area (Å²) >= 11 is 5.76. The molecule has 0 aliphatic heterocycles. The molecule has 0 unspecified atom stereocenters. The van der Waals surface area contributed by atoms with Gasteiger partial charge in [0.1, 0.15) is 5.82 Å². The predicted molar refractivity (Wildman–Crippen MR) is 62.7 cm³/mol. The van der Waals surface area contributed by atoms with Gasteiger partial charge in [-0.1, -0.05) is 11.6 Å². The van der Waals surface area contributed by atoms with Gasteiger partial charge in [0.05, 0.1) is 23.7 Å². The van der Waals surface area contributed by atoms with Crippen LogP contribution in [0.5, 0.6) is 0 Å². The van der Waals surface area contributed by atoms with Crippen LogP contribution in [0.2, 0.25) is 5.02 Å². The number of carbonyl (C=O) groups excluding carboxylic acids is 1. The summed E-state index contributed by atoms with van der Waals surface area (Å²) in [5.74, 6) is -0.660. The van der Waals surface area contributed by atoms with Gasteiger partial charge in [0.15, 0.2) is 0 Å². The number of alkyl halides is 2. The zero-order chi connectivity index (χ0) is 13.7. The molecule has 0 atom stereocenters. The number of amides is 1. The molecule has 0 aliphatic carbocycles. The highest BCUT2D eigenvalue weighted by Crippen LogP contribution is 2.19. The second-order valence-electron chi connectivity index (χ2n) is 3.45. The highest BCUT2D eigenvalue weighted by molar-refractivity contribution is 6.33. The Balaban J connectivity index is 2.97. The number of nitrogens with two attached hydrogens (primary N) is 1. The minimum atomic E-state index is -2.70. The first-order chi connectivity index (χ1) is 8.45. The summed E-state index contributed by atoms with van der Waals surface area (Å²) in [4.78, 5) is 16.4. The van der Waals surface area contributed by atoms with Gasteiger partial charge in [0.2, 0.25) is 0 Å². The fourth-order valence-electron chi connectivity index (χ4n) is 1.35. The van der Waals surface area contributed by atoms with Crippen LogP contribution in [0.1, 0.15) is 10.4 Å². The van der Waals surface area contributed by atoms with Crippen LogP contribution < -0.4 is 5.73 Å². The maximum absolute atomic E-state index is 12.3. The van der Waals surface area contributed by atoms with Crippen LogP contribution >= 0.6 is 11.6 Å². The fraction of sp³-hybridized carbons (Fsp3) is 0.400. The summed E-state index contributed by atoms with van der Waals surface area (Å²) in [5, 5.41) is 8.78. The lowest BCUT2D eigenvalue weighted by Gasteiger charge is -2.21. The van der Waals surface area contributed by atoms with E-state index in [9.17, 15) is 13.6 Å². The monoisotopic (exact) mass is 279 g/mol. The second-order valence-corrected chi connectivity index (χ2v) is 3.86. The predicted octanol–water partition coefficient (Wildman–Crippen LogP) is 1.02. The molecule has 0 saturated heterocycles. The first-order valence-electron chi connectivity index (χ1n) is 5.05.